The highest BCUT2D eigenvalue weighted by atomic mass is 16.4. The van der Waals surface area contributed by atoms with Crippen molar-refractivity contribution in [2.45, 2.75) is 65.7 Å². The number of hydrogen-bond donors (Lipinski definition) is 1. The Balaban J connectivity index is 2.22. The monoisotopic (exact) mass is 326 g/mol. The summed E-state index contributed by atoms with van der Waals surface area (Å²) in [6, 6.07) is 0. The zero-order chi connectivity index (χ0) is 17.6. The van der Waals surface area contributed by atoms with Gasteiger partial charge in [-0.3, -0.25) is 0 Å². The molecular weight excluding hydrogens is 296 g/mol. The van der Waals surface area contributed by atoms with Gasteiger partial charge in [0, 0.05) is 6.08 Å². The molecule has 130 valence electrons. The van der Waals surface area contributed by atoms with Gasteiger partial charge in [-0.25, -0.2) is 4.79 Å². The van der Waals surface area contributed by atoms with Crippen LogP contribution in [0.15, 0.2) is 58.7 Å². The summed E-state index contributed by atoms with van der Waals surface area (Å²) in [5.74, 6) is -0.903. The van der Waals surface area contributed by atoms with E-state index in [0.717, 1.165) is 12.8 Å². The number of allylic oxidation sites excluding steroid dienone is 9. The van der Waals surface area contributed by atoms with Crippen molar-refractivity contribution in [3.05, 3.63) is 58.7 Å². The Morgan fingerprint density at radius 2 is 1.62 bits per heavy atom. The molecule has 0 spiro atoms. The Hall–Kier alpha value is -1.83. The summed E-state index contributed by atoms with van der Waals surface area (Å²) < 4.78 is 0. The Morgan fingerprint density at radius 1 is 0.958 bits per heavy atom. The quantitative estimate of drug-likeness (QED) is 0.487. The number of carboxylic acids is 1. The van der Waals surface area contributed by atoms with Crippen LogP contribution in [0.3, 0.4) is 0 Å². The molecule has 1 N–H and O–H groups in total. The second kappa shape index (κ2) is 8.32. The first-order valence-corrected chi connectivity index (χ1v) is 9.08. The number of aliphatic carboxylic acids is 1. The molecule has 2 aliphatic rings. The molecule has 0 atom stereocenters. The second-order valence-corrected chi connectivity index (χ2v) is 7.58. The van der Waals surface area contributed by atoms with E-state index < -0.39 is 5.97 Å². The predicted octanol–water partition coefficient (Wildman–Crippen LogP) is 6.14. The van der Waals surface area contributed by atoms with E-state index in [1.54, 1.807) is 6.08 Å². The summed E-state index contributed by atoms with van der Waals surface area (Å²) in [6.45, 7) is 6.97. The fourth-order valence-electron chi connectivity index (χ4n) is 3.84. The lowest BCUT2D eigenvalue weighted by atomic mass is 9.72. The largest absolute Gasteiger partial charge is 0.478 e. The molecule has 0 radical (unpaired) electrons. The van der Waals surface area contributed by atoms with Gasteiger partial charge < -0.3 is 5.11 Å². The van der Waals surface area contributed by atoms with E-state index >= 15 is 0 Å². The van der Waals surface area contributed by atoms with Crippen molar-refractivity contribution in [3.63, 3.8) is 0 Å². The van der Waals surface area contributed by atoms with Crippen LogP contribution in [-0.4, -0.2) is 11.1 Å². The molecule has 2 rings (SSSR count). The van der Waals surface area contributed by atoms with Crippen LogP contribution in [0, 0.1) is 5.41 Å². The number of hydrogen-bond acceptors (Lipinski definition) is 1. The van der Waals surface area contributed by atoms with Gasteiger partial charge in [-0.05, 0) is 74.0 Å². The van der Waals surface area contributed by atoms with Gasteiger partial charge in [0.05, 0.1) is 0 Å². The Kier molecular flexibility index (Phi) is 6.42. The molecule has 0 aromatic rings. The molecule has 0 unspecified atom stereocenters. The zero-order valence-electron chi connectivity index (χ0n) is 15.3. The van der Waals surface area contributed by atoms with E-state index in [1.165, 1.54) is 60.5 Å². The minimum atomic E-state index is -0.903. The Morgan fingerprint density at radius 3 is 2.25 bits per heavy atom. The molecule has 0 saturated carbocycles. The van der Waals surface area contributed by atoms with Gasteiger partial charge in [0.1, 0.15) is 0 Å². The lowest BCUT2D eigenvalue weighted by Crippen LogP contribution is -2.19. The molecule has 0 aromatic carbocycles. The van der Waals surface area contributed by atoms with Crippen molar-refractivity contribution in [3.8, 4) is 0 Å². The van der Waals surface area contributed by atoms with Gasteiger partial charge >= 0.3 is 5.97 Å². The third-order valence-electron chi connectivity index (χ3n) is 5.20. The van der Waals surface area contributed by atoms with E-state index in [4.69, 9.17) is 5.11 Å². The third-order valence-corrected chi connectivity index (χ3v) is 5.20. The maximum Gasteiger partial charge on any atom is 0.328 e. The second-order valence-electron chi connectivity index (χ2n) is 7.58. The van der Waals surface area contributed by atoms with Gasteiger partial charge in [-0.15, -0.1) is 0 Å². The van der Waals surface area contributed by atoms with E-state index in [1.807, 2.05) is 6.08 Å². The normalized spacial score (nSPS) is 22.3. The van der Waals surface area contributed by atoms with Crippen molar-refractivity contribution >= 4 is 5.97 Å². The molecule has 0 bridgehead atoms. The molecular formula is C22H30O2. The summed E-state index contributed by atoms with van der Waals surface area (Å²) in [7, 11) is 0. The highest BCUT2D eigenvalue weighted by Gasteiger charge is 2.26. The first-order chi connectivity index (χ1) is 11.4. The maximum atomic E-state index is 10.5. The molecule has 0 amide bonds. The van der Waals surface area contributed by atoms with Crippen molar-refractivity contribution in [1.29, 1.82) is 0 Å². The van der Waals surface area contributed by atoms with Crippen LogP contribution in [0.25, 0.3) is 0 Å². The van der Waals surface area contributed by atoms with Crippen LogP contribution in [0.1, 0.15) is 65.7 Å². The predicted molar refractivity (Wildman–Crippen MR) is 101 cm³/mol. The zero-order valence-corrected chi connectivity index (χ0v) is 15.3. The summed E-state index contributed by atoms with van der Waals surface area (Å²) in [5, 5.41) is 8.66. The van der Waals surface area contributed by atoms with Crippen LogP contribution in [-0.2, 0) is 4.79 Å². The van der Waals surface area contributed by atoms with Crippen LogP contribution in [0.4, 0.5) is 0 Å². The molecule has 2 nitrogen and oxygen atoms in total. The van der Waals surface area contributed by atoms with Crippen LogP contribution >= 0.6 is 0 Å². The van der Waals surface area contributed by atoms with Crippen LogP contribution < -0.4 is 0 Å². The Bertz CT molecular complexity index is 624. The molecule has 2 heteroatoms. The van der Waals surface area contributed by atoms with Gasteiger partial charge in [0.2, 0.25) is 0 Å². The van der Waals surface area contributed by atoms with Gasteiger partial charge in [-0.1, -0.05) is 49.8 Å². The summed E-state index contributed by atoms with van der Waals surface area (Å²) in [6.07, 6.45) is 19.8. The summed E-state index contributed by atoms with van der Waals surface area (Å²) >= 11 is 0. The minimum absolute atomic E-state index is 0.272. The summed E-state index contributed by atoms with van der Waals surface area (Å²) in [4.78, 5) is 10.5. The highest BCUT2D eigenvalue weighted by molar-refractivity contribution is 5.80. The van der Waals surface area contributed by atoms with Gasteiger partial charge in [0.15, 0.2) is 0 Å². The lowest BCUT2D eigenvalue weighted by molar-refractivity contribution is -0.131. The van der Waals surface area contributed by atoms with Crippen molar-refractivity contribution in [2.75, 3.05) is 0 Å². The van der Waals surface area contributed by atoms with E-state index in [2.05, 4.69) is 39.0 Å². The fraction of sp³-hybridized carbons (Fsp3) is 0.500. The van der Waals surface area contributed by atoms with E-state index in [0.29, 0.717) is 0 Å². The van der Waals surface area contributed by atoms with Gasteiger partial charge in [-0.2, -0.15) is 0 Å². The Labute approximate surface area is 146 Å². The number of carboxylic acid groups (broad SMARTS) is 1. The molecule has 2 aliphatic carbocycles. The van der Waals surface area contributed by atoms with Crippen LogP contribution in [0.5, 0.6) is 0 Å². The fourth-order valence-corrected chi connectivity index (χ4v) is 3.84. The molecule has 0 saturated heterocycles. The molecule has 0 aliphatic heterocycles. The van der Waals surface area contributed by atoms with Crippen molar-refractivity contribution in [2.24, 2.45) is 5.41 Å². The SMILES string of the molecule is CC1=C(/C=C/C2=C(/C=C/C=C/C(=O)O)CCCC2)C(C)(C)CCC1. The molecule has 24 heavy (non-hydrogen) atoms. The number of carbonyl (C=O) groups is 1. The van der Waals surface area contributed by atoms with E-state index in [-0.39, 0.29) is 5.41 Å². The standard InChI is InChI=1S/C22H30O2/c1-17-9-8-16-22(2,3)20(17)15-14-19-12-5-4-10-18(19)11-6-7-13-21(23)24/h6-7,11,13-15H,4-5,8-10,12,16H2,1-3H3,(H,23,24)/b11-6+,13-7+,15-14+. The highest BCUT2D eigenvalue weighted by Crippen LogP contribution is 2.41. The molecule has 0 fully saturated rings. The first-order valence-electron chi connectivity index (χ1n) is 9.08. The summed E-state index contributed by atoms with van der Waals surface area (Å²) in [5.41, 5.74) is 6.05. The topological polar surface area (TPSA) is 37.3 Å². The average molecular weight is 326 g/mol. The van der Waals surface area contributed by atoms with Crippen molar-refractivity contribution in [1.82, 2.24) is 0 Å². The number of rotatable bonds is 5. The van der Waals surface area contributed by atoms with Crippen LogP contribution in [0.2, 0.25) is 0 Å². The molecule has 0 heterocycles. The maximum absolute atomic E-state index is 10.5. The van der Waals surface area contributed by atoms with E-state index in [9.17, 15) is 4.79 Å². The van der Waals surface area contributed by atoms with Crippen molar-refractivity contribution < 1.29 is 9.90 Å². The minimum Gasteiger partial charge on any atom is -0.478 e. The molecule has 0 aromatic heterocycles. The third kappa shape index (κ3) is 5.09. The smallest absolute Gasteiger partial charge is 0.328 e. The van der Waals surface area contributed by atoms with Gasteiger partial charge in [0.25, 0.3) is 0 Å². The lowest BCUT2D eigenvalue weighted by Gasteiger charge is -2.33. The average Bonchev–Trinajstić information content (AvgIpc) is 2.51. The first kappa shape index (κ1) is 18.5.